The van der Waals surface area contributed by atoms with E-state index in [1.165, 1.54) is 6.20 Å². The molecule has 1 aromatic heterocycles. The zero-order valence-corrected chi connectivity index (χ0v) is 9.47. The van der Waals surface area contributed by atoms with E-state index >= 15 is 0 Å². The van der Waals surface area contributed by atoms with Gasteiger partial charge in [0.2, 0.25) is 0 Å². The summed E-state index contributed by atoms with van der Waals surface area (Å²) in [6.45, 7) is 1.92. The number of hydrogen-bond donors (Lipinski definition) is 3. The van der Waals surface area contributed by atoms with Gasteiger partial charge in [-0.15, -0.1) is 0 Å². The molecule has 0 spiro atoms. The Balaban J connectivity index is 2.04. The second-order valence-corrected chi connectivity index (χ2v) is 3.85. The average Bonchev–Trinajstić information content (AvgIpc) is 2.83. The molecule has 0 saturated heterocycles. The predicted octanol–water partition coefficient (Wildman–Crippen LogP) is 1.48. The molecule has 0 fully saturated rings. The Labute approximate surface area is 99.0 Å². The Hall–Kier alpha value is -2.30. The number of nitrogens with one attached hydrogen (secondary N) is 2. The topological polar surface area (TPSA) is 83.8 Å². The van der Waals surface area contributed by atoms with Crippen LogP contribution in [0.4, 0.5) is 5.69 Å². The summed E-state index contributed by atoms with van der Waals surface area (Å²) < 4.78 is 0. The highest BCUT2D eigenvalue weighted by Crippen LogP contribution is 2.14. The lowest BCUT2D eigenvalue weighted by Gasteiger charge is -2.13. The Bertz CT molecular complexity index is 490. The number of nitrogens with zero attached hydrogens (tertiary/aromatic N) is 1. The van der Waals surface area contributed by atoms with E-state index in [1.807, 2.05) is 31.2 Å². The molecule has 1 unspecified atom stereocenters. The highest BCUT2D eigenvalue weighted by Gasteiger charge is 2.11. The number of aromatic nitrogens is 2. The molecule has 2 rings (SSSR count). The van der Waals surface area contributed by atoms with Crippen molar-refractivity contribution in [3.8, 4) is 0 Å². The number of amides is 1. The molecule has 0 aliphatic heterocycles. The maximum atomic E-state index is 11.8. The minimum atomic E-state index is -0.150. The third-order valence-electron chi connectivity index (χ3n) is 2.54. The normalized spacial score (nSPS) is 12.1. The van der Waals surface area contributed by atoms with Crippen molar-refractivity contribution in [3.05, 3.63) is 47.8 Å². The smallest absolute Gasteiger partial charge is 0.254 e. The summed E-state index contributed by atoms with van der Waals surface area (Å²) in [5, 5.41) is 9.21. The van der Waals surface area contributed by atoms with Gasteiger partial charge in [0.1, 0.15) is 0 Å². The van der Waals surface area contributed by atoms with E-state index in [0.717, 1.165) is 5.56 Å². The summed E-state index contributed by atoms with van der Waals surface area (Å²) in [4.78, 5) is 11.8. The van der Waals surface area contributed by atoms with Crippen molar-refractivity contribution < 1.29 is 4.79 Å². The molecule has 88 valence electrons. The molecule has 17 heavy (non-hydrogen) atoms. The molecule has 0 saturated carbocycles. The van der Waals surface area contributed by atoms with Gasteiger partial charge in [0.25, 0.3) is 5.91 Å². The largest absolute Gasteiger partial charge is 0.399 e. The Morgan fingerprint density at radius 1 is 1.41 bits per heavy atom. The predicted molar refractivity (Wildman–Crippen MR) is 65.3 cm³/mol. The van der Waals surface area contributed by atoms with Crippen molar-refractivity contribution in [1.82, 2.24) is 15.5 Å². The molecule has 1 aromatic carbocycles. The van der Waals surface area contributed by atoms with Crippen LogP contribution in [0.2, 0.25) is 0 Å². The van der Waals surface area contributed by atoms with Crippen LogP contribution in [0.15, 0.2) is 36.7 Å². The van der Waals surface area contributed by atoms with Crippen molar-refractivity contribution >= 4 is 11.6 Å². The lowest BCUT2D eigenvalue weighted by Crippen LogP contribution is -2.26. The lowest BCUT2D eigenvalue weighted by atomic mass is 10.1. The van der Waals surface area contributed by atoms with Crippen LogP contribution in [0.3, 0.4) is 0 Å². The summed E-state index contributed by atoms with van der Waals surface area (Å²) in [6, 6.07) is 7.36. The van der Waals surface area contributed by atoms with Crippen molar-refractivity contribution in [2.24, 2.45) is 0 Å². The second kappa shape index (κ2) is 4.69. The van der Waals surface area contributed by atoms with Crippen molar-refractivity contribution in [3.63, 3.8) is 0 Å². The summed E-state index contributed by atoms with van der Waals surface area (Å²) >= 11 is 0. The standard InChI is InChI=1S/C12H14N4O/c1-8(9-2-4-11(13)5-3-9)16-12(17)10-6-14-15-7-10/h2-8H,13H2,1H3,(H,14,15)(H,16,17). The molecule has 5 heteroatoms. The Kier molecular flexibility index (Phi) is 3.09. The quantitative estimate of drug-likeness (QED) is 0.698. The third kappa shape index (κ3) is 2.63. The molecular formula is C12H14N4O. The fourth-order valence-corrected chi connectivity index (χ4v) is 1.52. The number of nitrogen functional groups attached to an aromatic ring is 1. The maximum absolute atomic E-state index is 11.8. The van der Waals surface area contributed by atoms with E-state index < -0.39 is 0 Å². The second-order valence-electron chi connectivity index (χ2n) is 3.85. The molecule has 0 aliphatic rings. The molecule has 0 radical (unpaired) electrons. The SMILES string of the molecule is CC(NC(=O)c1cn[nH]c1)c1ccc(N)cc1. The fraction of sp³-hybridized carbons (Fsp3) is 0.167. The summed E-state index contributed by atoms with van der Waals surface area (Å²) in [7, 11) is 0. The number of H-pyrrole nitrogens is 1. The molecule has 1 heterocycles. The van der Waals surface area contributed by atoms with Gasteiger partial charge in [-0.1, -0.05) is 12.1 Å². The first-order valence-electron chi connectivity index (χ1n) is 5.32. The van der Waals surface area contributed by atoms with Crippen LogP contribution in [-0.2, 0) is 0 Å². The number of carbonyl (C=O) groups is 1. The van der Waals surface area contributed by atoms with Crippen LogP contribution in [-0.4, -0.2) is 16.1 Å². The maximum Gasteiger partial charge on any atom is 0.254 e. The van der Waals surface area contributed by atoms with Gasteiger partial charge in [0.15, 0.2) is 0 Å². The van der Waals surface area contributed by atoms with Crippen LogP contribution in [0.5, 0.6) is 0 Å². The van der Waals surface area contributed by atoms with Gasteiger partial charge >= 0.3 is 0 Å². The van der Waals surface area contributed by atoms with Gasteiger partial charge in [0.05, 0.1) is 17.8 Å². The first-order valence-corrected chi connectivity index (χ1v) is 5.32. The third-order valence-corrected chi connectivity index (χ3v) is 2.54. The summed E-state index contributed by atoms with van der Waals surface area (Å²) in [6.07, 6.45) is 3.05. The zero-order valence-electron chi connectivity index (χ0n) is 9.47. The molecular weight excluding hydrogens is 216 g/mol. The minimum absolute atomic E-state index is 0.0713. The van der Waals surface area contributed by atoms with E-state index in [0.29, 0.717) is 11.3 Å². The van der Waals surface area contributed by atoms with E-state index in [-0.39, 0.29) is 11.9 Å². The van der Waals surface area contributed by atoms with Gasteiger partial charge in [-0.25, -0.2) is 0 Å². The Morgan fingerprint density at radius 2 is 2.12 bits per heavy atom. The van der Waals surface area contributed by atoms with Crippen molar-refractivity contribution in [1.29, 1.82) is 0 Å². The van der Waals surface area contributed by atoms with E-state index in [4.69, 9.17) is 5.73 Å². The number of hydrogen-bond acceptors (Lipinski definition) is 3. The summed E-state index contributed by atoms with van der Waals surface area (Å²) in [5.74, 6) is -0.150. The van der Waals surface area contributed by atoms with E-state index in [9.17, 15) is 4.79 Å². The van der Waals surface area contributed by atoms with Crippen LogP contribution in [0.1, 0.15) is 28.9 Å². The van der Waals surface area contributed by atoms with Gasteiger partial charge in [-0.3, -0.25) is 9.89 Å². The number of rotatable bonds is 3. The molecule has 1 amide bonds. The lowest BCUT2D eigenvalue weighted by molar-refractivity contribution is 0.0940. The average molecular weight is 230 g/mol. The monoisotopic (exact) mass is 230 g/mol. The van der Waals surface area contributed by atoms with E-state index in [2.05, 4.69) is 15.5 Å². The number of nitrogens with two attached hydrogens (primary N) is 1. The minimum Gasteiger partial charge on any atom is -0.399 e. The first kappa shape index (κ1) is 11.2. The highest BCUT2D eigenvalue weighted by atomic mass is 16.1. The van der Waals surface area contributed by atoms with Crippen LogP contribution in [0, 0.1) is 0 Å². The molecule has 2 aromatic rings. The van der Waals surface area contributed by atoms with Crippen molar-refractivity contribution in [2.45, 2.75) is 13.0 Å². The van der Waals surface area contributed by atoms with Gasteiger partial charge < -0.3 is 11.1 Å². The van der Waals surface area contributed by atoms with Gasteiger partial charge in [-0.05, 0) is 24.6 Å². The molecule has 4 N–H and O–H groups in total. The van der Waals surface area contributed by atoms with Crippen LogP contribution < -0.4 is 11.1 Å². The fourth-order valence-electron chi connectivity index (χ4n) is 1.52. The zero-order chi connectivity index (χ0) is 12.3. The van der Waals surface area contributed by atoms with Crippen molar-refractivity contribution in [2.75, 3.05) is 5.73 Å². The first-order chi connectivity index (χ1) is 8.16. The molecule has 5 nitrogen and oxygen atoms in total. The number of aromatic amines is 1. The van der Waals surface area contributed by atoms with Gasteiger partial charge in [0, 0.05) is 11.9 Å². The van der Waals surface area contributed by atoms with E-state index in [1.54, 1.807) is 6.20 Å². The number of anilines is 1. The van der Waals surface area contributed by atoms with Crippen LogP contribution >= 0.6 is 0 Å². The molecule has 0 aliphatic carbocycles. The molecule has 0 bridgehead atoms. The number of carbonyl (C=O) groups excluding carboxylic acids is 1. The highest BCUT2D eigenvalue weighted by molar-refractivity contribution is 5.93. The van der Waals surface area contributed by atoms with Gasteiger partial charge in [-0.2, -0.15) is 5.10 Å². The number of benzene rings is 1. The summed E-state index contributed by atoms with van der Waals surface area (Å²) in [5.41, 5.74) is 7.85. The van der Waals surface area contributed by atoms with Crippen LogP contribution in [0.25, 0.3) is 0 Å². The Morgan fingerprint density at radius 3 is 2.71 bits per heavy atom. The molecule has 1 atom stereocenters.